The summed E-state index contributed by atoms with van der Waals surface area (Å²) in [5.41, 5.74) is 5.93. The molecule has 2 aromatic rings. The van der Waals surface area contributed by atoms with Gasteiger partial charge < -0.3 is 5.73 Å². The van der Waals surface area contributed by atoms with Gasteiger partial charge in [-0.25, -0.2) is 0 Å². The van der Waals surface area contributed by atoms with Crippen molar-refractivity contribution < 1.29 is 0 Å². The summed E-state index contributed by atoms with van der Waals surface area (Å²) >= 11 is 11.9. The quantitative estimate of drug-likeness (QED) is 0.844. The zero-order chi connectivity index (χ0) is 11.7. The molecule has 7 heteroatoms. The van der Waals surface area contributed by atoms with Gasteiger partial charge in [-0.2, -0.15) is 5.26 Å². The molecule has 0 aliphatic carbocycles. The molecule has 1 heterocycles. The predicted octanol–water partition coefficient (Wildman–Crippen LogP) is 2.03. The molecule has 0 bridgehead atoms. The van der Waals surface area contributed by atoms with E-state index < -0.39 is 0 Å². The molecule has 1 aromatic carbocycles. The van der Waals surface area contributed by atoms with Gasteiger partial charge in [0.25, 0.3) is 0 Å². The molecule has 2 rings (SSSR count). The minimum Gasteiger partial charge on any atom is -0.380 e. The number of hydrogen-bond donors (Lipinski definition) is 1. The number of nitrogens with two attached hydrogens (primary N) is 1. The van der Waals surface area contributed by atoms with Crippen molar-refractivity contribution in [2.45, 2.75) is 0 Å². The number of nitrogen functional groups attached to an aromatic ring is 1. The first kappa shape index (κ1) is 10.7. The summed E-state index contributed by atoms with van der Waals surface area (Å²) in [5.74, 6) is 0.0403. The Morgan fingerprint density at radius 1 is 1.25 bits per heavy atom. The molecule has 0 amide bonds. The normalized spacial score (nSPS) is 10.1. The summed E-state index contributed by atoms with van der Waals surface area (Å²) in [6.45, 7) is 0. The molecule has 0 aliphatic heterocycles. The average Bonchev–Trinajstić information content (AvgIpc) is 2.59. The molecule has 0 radical (unpaired) electrons. The summed E-state index contributed by atoms with van der Waals surface area (Å²) < 4.78 is 0. The number of anilines is 1. The molecule has 0 atom stereocenters. The fourth-order valence-corrected chi connectivity index (χ4v) is 1.73. The molecule has 5 nitrogen and oxygen atoms in total. The van der Waals surface area contributed by atoms with Crippen LogP contribution >= 0.6 is 23.2 Å². The number of para-hydroxylation sites is 1. The second-order valence-electron chi connectivity index (χ2n) is 2.91. The largest absolute Gasteiger partial charge is 0.380 e. The van der Waals surface area contributed by atoms with Gasteiger partial charge in [0.05, 0.1) is 10.0 Å². The smallest absolute Gasteiger partial charge is 0.206 e. The van der Waals surface area contributed by atoms with Gasteiger partial charge >= 0.3 is 0 Å². The van der Waals surface area contributed by atoms with Crippen molar-refractivity contribution in [3.63, 3.8) is 0 Å². The lowest BCUT2D eigenvalue weighted by atomic mass is 10.3. The highest BCUT2D eigenvalue weighted by Gasteiger charge is 2.13. The minimum absolute atomic E-state index is 0.0380. The highest BCUT2D eigenvalue weighted by molar-refractivity contribution is 6.37. The summed E-state index contributed by atoms with van der Waals surface area (Å²) in [6, 6.07) is 6.81. The first-order valence-corrected chi connectivity index (χ1v) is 4.96. The van der Waals surface area contributed by atoms with Gasteiger partial charge in [0.2, 0.25) is 5.69 Å². The van der Waals surface area contributed by atoms with Crippen LogP contribution in [0.1, 0.15) is 5.69 Å². The van der Waals surface area contributed by atoms with Crippen LogP contribution < -0.4 is 5.73 Å². The Morgan fingerprint density at radius 3 is 2.38 bits per heavy atom. The van der Waals surface area contributed by atoms with E-state index in [1.54, 1.807) is 18.2 Å². The fraction of sp³-hybridized carbons (Fsp3) is 0. The Morgan fingerprint density at radius 2 is 1.88 bits per heavy atom. The van der Waals surface area contributed by atoms with E-state index >= 15 is 0 Å². The van der Waals surface area contributed by atoms with Crippen LogP contribution in [0.5, 0.6) is 0 Å². The lowest BCUT2D eigenvalue weighted by molar-refractivity contribution is 0.752. The first-order valence-electron chi connectivity index (χ1n) is 4.21. The fourth-order valence-electron chi connectivity index (χ4n) is 1.18. The van der Waals surface area contributed by atoms with Crippen LogP contribution in [0.4, 0.5) is 5.82 Å². The van der Waals surface area contributed by atoms with Gasteiger partial charge in [0, 0.05) is 0 Å². The third-order valence-electron chi connectivity index (χ3n) is 1.88. The number of hydrogen-bond acceptors (Lipinski definition) is 4. The summed E-state index contributed by atoms with van der Waals surface area (Å²) in [5, 5.41) is 17.2. The van der Waals surface area contributed by atoms with E-state index in [0.29, 0.717) is 15.7 Å². The van der Waals surface area contributed by atoms with Gasteiger partial charge in [-0.15, -0.1) is 15.0 Å². The first-order chi connectivity index (χ1) is 7.63. The number of rotatable bonds is 1. The lowest BCUT2D eigenvalue weighted by Crippen LogP contribution is -2.01. The second-order valence-corrected chi connectivity index (χ2v) is 3.72. The standard InChI is InChI=1S/C9H5Cl2N5/c10-5-2-1-3-6(11)8(5)16-14-7(4-12)9(13)15-16/h1-3H,(H2,13,15). The molecule has 0 unspecified atom stereocenters. The molecule has 16 heavy (non-hydrogen) atoms. The van der Waals surface area contributed by atoms with E-state index in [0.717, 1.165) is 4.80 Å². The highest BCUT2D eigenvalue weighted by Crippen LogP contribution is 2.27. The zero-order valence-corrected chi connectivity index (χ0v) is 9.37. The molecule has 0 spiro atoms. The van der Waals surface area contributed by atoms with Gasteiger partial charge in [0.1, 0.15) is 11.8 Å². The van der Waals surface area contributed by atoms with E-state index in [4.69, 9.17) is 34.2 Å². The van der Waals surface area contributed by atoms with Crippen molar-refractivity contribution in [3.8, 4) is 11.8 Å². The SMILES string of the molecule is N#Cc1nn(-c2c(Cl)cccc2Cl)nc1N. The van der Waals surface area contributed by atoms with Gasteiger partial charge in [0.15, 0.2) is 5.82 Å². The van der Waals surface area contributed by atoms with Gasteiger partial charge in [-0.1, -0.05) is 29.3 Å². The maximum Gasteiger partial charge on any atom is 0.206 e. The van der Waals surface area contributed by atoms with Crippen molar-refractivity contribution in [3.05, 3.63) is 33.9 Å². The molecular weight excluding hydrogens is 249 g/mol. The molecule has 0 saturated heterocycles. The van der Waals surface area contributed by atoms with Crippen LogP contribution in [0.15, 0.2) is 18.2 Å². The van der Waals surface area contributed by atoms with E-state index in [9.17, 15) is 0 Å². The van der Waals surface area contributed by atoms with E-state index in [1.807, 2.05) is 6.07 Å². The monoisotopic (exact) mass is 253 g/mol. The topological polar surface area (TPSA) is 80.5 Å². The third-order valence-corrected chi connectivity index (χ3v) is 2.49. The maximum absolute atomic E-state index is 8.71. The molecule has 80 valence electrons. The van der Waals surface area contributed by atoms with Crippen LogP contribution in [-0.4, -0.2) is 15.0 Å². The van der Waals surface area contributed by atoms with Crippen LogP contribution in [0.25, 0.3) is 5.69 Å². The lowest BCUT2D eigenvalue weighted by Gasteiger charge is -2.03. The van der Waals surface area contributed by atoms with Crippen LogP contribution in [0.2, 0.25) is 10.0 Å². The van der Waals surface area contributed by atoms with Crippen molar-refractivity contribution in [2.75, 3.05) is 5.73 Å². The Balaban J connectivity index is 2.64. The van der Waals surface area contributed by atoms with Crippen molar-refractivity contribution in [1.82, 2.24) is 15.0 Å². The van der Waals surface area contributed by atoms with Gasteiger partial charge in [-0.05, 0) is 12.1 Å². The van der Waals surface area contributed by atoms with Gasteiger partial charge in [-0.3, -0.25) is 0 Å². The zero-order valence-electron chi connectivity index (χ0n) is 7.85. The molecule has 0 saturated carbocycles. The molecular formula is C9H5Cl2N5. The van der Waals surface area contributed by atoms with Crippen molar-refractivity contribution in [1.29, 1.82) is 5.26 Å². The van der Waals surface area contributed by atoms with Crippen LogP contribution in [0, 0.1) is 11.3 Å². The number of nitriles is 1. The highest BCUT2D eigenvalue weighted by atomic mass is 35.5. The van der Waals surface area contributed by atoms with Crippen molar-refractivity contribution >= 4 is 29.0 Å². The van der Waals surface area contributed by atoms with Crippen LogP contribution in [-0.2, 0) is 0 Å². The summed E-state index contributed by atoms with van der Waals surface area (Å²) in [7, 11) is 0. The minimum atomic E-state index is 0.0380. The Kier molecular flexibility index (Phi) is 2.69. The van der Waals surface area contributed by atoms with Crippen molar-refractivity contribution in [2.24, 2.45) is 0 Å². The van der Waals surface area contributed by atoms with Crippen LogP contribution in [0.3, 0.4) is 0 Å². The molecule has 2 N–H and O–H groups in total. The molecule has 1 aromatic heterocycles. The summed E-state index contributed by atoms with van der Waals surface area (Å²) in [4.78, 5) is 1.15. The Hall–Kier alpha value is -1.77. The Bertz CT molecular complexity index is 564. The number of aromatic nitrogens is 3. The second kappa shape index (κ2) is 4.00. The molecule has 0 fully saturated rings. The average molecular weight is 254 g/mol. The third kappa shape index (κ3) is 1.69. The number of halogens is 2. The predicted molar refractivity (Wildman–Crippen MR) is 60.5 cm³/mol. The Labute approximate surface area is 101 Å². The maximum atomic E-state index is 8.71. The van der Waals surface area contributed by atoms with E-state index in [2.05, 4.69) is 10.2 Å². The number of benzene rings is 1. The van der Waals surface area contributed by atoms with E-state index in [-0.39, 0.29) is 11.5 Å². The summed E-state index contributed by atoms with van der Waals surface area (Å²) in [6.07, 6.45) is 0. The van der Waals surface area contributed by atoms with E-state index in [1.165, 1.54) is 0 Å². The number of nitrogens with zero attached hydrogens (tertiary/aromatic N) is 4. The molecule has 0 aliphatic rings.